The molecule has 24 heavy (non-hydrogen) atoms. The first-order chi connectivity index (χ1) is 11.7. The lowest BCUT2D eigenvalue weighted by molar-refractivity contribution is 0.283. The largest absolute Gasteiger partial charge is 0.396 e. The van der Waals surface area contributed by atoms with Gasteiger partial charge in [0.15, 0.2) is 0 Å². The molecule has 0 saturated carbocycles. The molecule has 2 heterocycles. The molecule has 0 saturated heterocycles. The van der Waals surface area contributed by atoms with E-state index in [4.69, 9.17) is 16.7 Å². The maximum absolute atomic E-state index is 8.86. The van der Waals surface area contributed by atoms with E-state index >= 15 is 0 Å². The average Bonchev–Trinajstić information content (AvgIpc) is 2.92. The summed E-state index contributed by atoms with van der Waals surface area (Å²) < 4.78 is 0. The Morgan fingerprint density at radius 3 is 2.67 bits per heavy atom. The molecule has 3 rings (SSSR count). The fourth-order valence-corrected chi connectivity index (χ4v) is 3.90. The van der Waals surface area contributed by atoms with Crippen molar-refractivity contribution in [2.75, 3.05) is 18.5 Å². The van der Waals surface area contributed by atoms with E-state index < -0.39 is 0 Å². The van der Waals surface area contributed by atoms with Crippen LogP contribution in [-0.4, -0.2) is 28.2 Å². The molecular formula is C18H20ClN3OS. The quantitative estimate of drug-likeness (QED) is 0.588. The number of aliphatic hydroxyl groups excluding tert-OH is 1. The summed E-state index contributed by atoms with van der Waals surface area (Å²) in [4.78, 5) is 11.1. The van der Waals surface area contributed by atoms with Crippen molar-refractivity contribution < 1.29 is 5.11 Å². The Morgan fingerprint density at radius 1 is 1.12 bits per heavy atom. The Bertz CT molecular complexity index is 817. The number of anilines is 1. The minimum atomic E-state index is 0.252. The van der Waals surface area contributed by atoms with Crippen molar-refractivity contribution in [3.8, 4) is 11.1 Å². The van der Waals surface area contributed by atoms with Crippen LogP contribution in [0.15, 0.2) is 30.6 Å². The van der Waals surface area contributed by atoms with E-state index in [1.807, 2.05) is 24.3 Å². The zero-order valence-electron chi connectivity index (χ0n) is 13.6. The molecule has 0 aliphatic rings. The monoisotopic (exact) mass is 361 g/mol. The van der Waals surface area contributed by atoms with Crippen LogP contribution in [0.2, 0.25) is 5.02 Å². The van der Waals surface area contributed by atoms with Crippen LogP contribution in [0.3, 0.4) is 0 Å². The topological polar surface area (TPSA) is 58.0 Å². The number of nitrogens with zero attached hydrogens (tertiary/aromatic N) is 2. The Balaban J connectivity index is 1.94. The minimum absolute atomic E-state index is 0.252. The van der Waals surface area contributed by atoms with Gasteiger partial charge in [-0.15, -0.1) is 11.3 Å². The Hall–Kier alpha value is -1.69. The second-order valence-corrected chi connectivity index (χ2v) is 7.29. The number of thiophene rings is 1. The third-order valence-electron chi connectivity index (χ3n) is 3.92. The van der Waals surface area contributed by atoms with Crippen LogP contribution in [0.1, 0.15) is 24.1 Å². The van der Waals surface area contributed by atoms with Crippen molar-refractivity contribution in [2.45, 2.75) is 26.2 Å². The SMILES string of the molecule is Cc1sc2ncnc(NCCCCCO)c2c1-c1ccc(Cl)cc1. The third kappa shape index (κ3) is 3.69. The number of nitrogens with one attached hydrogen (secondary N) is 1. The van der Waals surface area contributed by atoms with Gasteiger partial charge in [-0.2, -0.15) is 0 Å². The van der Waals surface area contributed by atoms with Crippen LogP contribution >= 0.6 is 22.9 Å². The van der Waals surface area contributed by atoms with Crippen LogP contribution in [-0.2, 0) is 0 Å². The number of halogens is 1. The number of fused-ring (bicyclic) bond motifs is 1. The summed E-state index contributed by atoms with van der Waals surface area (Å²) in [6.45, 7) is 3.20. The van der Waals surface area contributed by atoms with E-state index in [9.17, 15) is 0 Å². The molecule has 0 bridgehead atoms. The van der Waals surface area contributed by atoms with E-state index in [0.29, 0.717) is 0 Å². The fraction of sp³-hybridized carbons (Fsp3) is 0.333. The minimum Gasteiger partial charge on any atom is -0.396 e. The van der Waals surface area contributed by atoms with Crippen molar-refractivity contribution in [3.05, 3.63) is 40.5 Å². The summed E-state index contributed by atoms with van der Waals surface area (Å²) in [7, 11) is 0. The van der Waals surface area contributed by atoms with Crippen LogP contribution in [0.4, 0.5) is 5.82 Å². The molecule has 3 aromatic rings. The first-order valence-corrected chi connectivity index (χ1v) is 9.25. The Kier molecular flexibility index (Phi) is 5.66. The molecule has 2 aromatic heterocycles. The molecule has 0 aliphatic heterocycles. The zero-order chi connectivity index (χ0) is 16.9. The van der Waals surface area contributed by atoms with Crippen LogP contribution in [0.25, 0.3) is 21.3 Å². The van der Waals surface area contributed by atoms with E-state index in [-0.39, 0.29) is 6.61 Å². The molecular weight excluding hydrogens is 342 g/mol. The normalized spacial score (nSPS) is 11.1. The highest BCUT2D eigenvalue weighted by atomic mass is 35.5. The van der Waals surface area contributed by atoms with E-state index in [0.717, 1.165) is 52.4 Å². The molecule has 0 unspecified atom stereocenters. The van der Waals surface area contributed by atoms with Crippen molar-refractivity contribution in [3.63, 3.8) is 0 Å². The number of hydrogen-bond donors (Lipinski definition) is 2. The molecule has 0 amide bonds. The van der Waals surface area contributed by atoms with Gasteiger partial charge in [0, 0.05) is 28.6 Å². The van der Waals surface area contributed by atoms with Gasteiger partial charge in [0.2, 0.25) is 0 Å². The van der Waals surface area contributed by atoms with Gasteiger partial charge >= 0.3 is 0 Å². The number of hydrogen-bond acceptors (Lipinski definition) is 5. The molecule has 6 heteroatoms. The number of aromatic nitrogens is 2. The van der Waals surface area contributed by atoms with Crippen molar-refractivity contribution in [2.24, 2.45) is 0 Å². The van der Waals surface area contributed by atoms with Crippen LogP contribution in [0, 0.1) is 6.92 Å². The Morgan fingerprint density at radius 2 is 1.92 bits per heavy atom. The van der Waals surface area contributed by atoms with Gasteiger partial charge in [-0.3, -0.25) is 0 Å². The lowest BCUT2D eigenvalue weighted by Crippen LogP contribution is -2.04. The fourth-order valence-electron chi connectivity index (χ4n) is 2.76. The molecule has 4 nitrogen and oxygen atoms in total. The Labute approximate surface area is 150 Å². The lowest BCUT2D eigenvalue weighted by Gasteiger charge is -2.09. The number of aliphatic hydroxyl groups is 1. The molecule has 0 atom stereocenters. The summed E-state index contributed by atoms with van der Waals surface area (Å²) in [6.07, 6.45) is 4.46. The van der Waals surface area contributed by atoms with Gasteiger partial charge in [0.05, 0.1) is 5.39 Å². The summed E-state index contributed by atoms with van der Waals surface area (Å²) in [5.41, 5.74) is 2.30. The highest BCUT2D eigenvalue weighted by Crippen LogP contribution is 2.40. The second kappa shape index (κ2) is 7.92. The van der Waals surface area contributed by atoms with E-state index in [1.54, 1.807) is 17.7 Å². The van der Waals surface area contributed by atoms with Gasteiger partial charge in [-0.1, -0.05) is 23.7 Å². The smallest absolute Gasteiger partial charge is 0.138 e. The first kappa shape index (κ1) is 17.1. The van der Waals surface area contributed by atoms with Gasteiger partial charge in [0.1, 0.15) is 17.0 Å². The number of unbranched alkanes of at least 4 members (excludes halogenated alkanes) is 2. The van der Waals surface area contributed by atoms with Crippen LogP contribution < -0.4 is 5.32 Å². The molecule has 126 valence electrons. The summed E-state index contributed by atoms with van der Waals surface area (Å²) in [5, 5.41) is 14.1. The highest BCUT2D eigenvalue weighted by molar-refractivity contribution is 7.19. The van der Waals surface area contributed by atoms with Gasteiger partial charge in [-0.25, -0.2) is 9.97 Å². The highest BCUT2D eigenvalue weighted by Gasteiger charge is 2.16. The summed E-state index contributed by atoms with van der Waals surface area (Å²) in [5.74, 6) is 0.873. The number of benzene rings is 1. The molecule has 0 fully saturated rings. The summed E-state index contributed by atoms with van der Waals surface area (Å²) in [6, 6.07) is 7.89. The van der Waals surface area contributed by atoms with E-state index in [2.05, 4.69) is 22.2 Å². The van der Waals surface area contributed by atoms with Crippen LogP contribution in [0.5, 0.6) is 0 Å². The lowest BCUT2D eigenvalue weighted by atomic mass is 10.0. The van der Waals surface area contributed by atoms with Gasteiger partial charge in [-0.05, 0) is 43.9 Å². The third-order valence-corrected chi connectivity index (χ3v) is 5.19. The molecule has 1 aromatic carbocycles. The molecule has 0 radical (unpaired) electrons. The maximum Gasteiger partial charge on any atom is 0.138 e. The first-order valence-electron chi connectivity index (χ1n) is 8.05. The van der Waals surface area contributed by atoms with Gasteiger partial charge < -0.3 is 10.4 Å². The molecule has 0 spiro atoms. The predicted molar refractivity (Wildman–Crippen MR) is 102 cm³/mol. The number of rotatable bonds is 7. The zero-order valence-corrected chi connectivity index (χ0v) is 15.1. The second-order valence-electron chi connectivity index (χ2n) is 5.65. The standard InChI is InChI=1S/C18H20ClN3OS/c1-12-15(13-5-7-14(19)8-6-13)16-17(20-9-3-2-4-10-23)21-11-22-18(16)24-12/h5-8,11,23H,2-4,9-10H2,1H3,(H,20,21,22). The van der Waals surface area contributed by atoms with Crippen molar-refractivity contribution in [1.29, 1.82) is 0 Å². The van der Waals surface area contributed by atoms with Crippen molar-refractivity contribution in [1.82, 2.24) is 9.97 Å². The molecule has 2 N–H and O–H groups in total. The number of aryl methyl sites for hydroxylation is 1. The molecule has 0 aliphatic carbocycles. The van der Waals surface area contributed by atoms with Gasteiger partial charge in [0.25, 0.3) is 0 Å². The summed E-state index contributed by atoms with van der Waals surface area (Å²) >= 11 is 7.70. The van der Waals surface area contributed by atoms with Crippen molar-refractivity contribution >= 4 is 39.0 Å². The predicted octanol–water partition coefficient (Wildman–Crippen LogP) is 4.89. The average molecular weight is 362 g/mol. The van der Waals surface area contributed by atoms with E-state index in [1.165, 1.54) is 10.4 Å². The maximum atomic E-state index is 8.86.